The van der Waals surface area contributed by atoms with E-state index in [9.17, 15) is 18.0 Å². The molecule has 0 saturated heterocycles. The average molecular weight is 329 g/mol. The molecule has 114 valence electrons. The van der Waals surface area contributed by atoms with Crippen molar-refractivity contribution < 1.29 is 22.3 Å². The van der Waals surface area contributed by atoms with E-state index in [-0.39, 0.29) is 32.9 Å². The van der Waals surface area contributed by atoms with Crippen LogP contribution in [0.25, 0.3) is 10.4 Å². The van der Waals surface area contributed by atoms with E-state index in [1.165, 1.54) is 18.2 Å². The maximum Gasteiger partial charge on any atom is 0.345 e. The number of carbonyl (C=O) groups excluding carboxylic acids is 2. The molecule has 0 bridgehead atoms. The summed E-state index contributed by atoms with van der Waals surface area (Å²) < 4.78 is 27.7. The van der Waals surface area contributed by atoms with Gasteiger partial charge in [-0.05, 0) is 23.7 Å². The smallest absolute Gasteiger partial charge is 0.307 e. The zero-order valence-electron chi connectivity index (χ0n) is 11.3. The molecule has 0 spiro atoms. The number of ketones is 2. The molecule has 0 aliphatic heterocycles. The summed E-state index contributed by atoms with van der Waals surface area (Å²) in [5, 5.41) is 2.54. The molecule has 3 rings (SSSR count). The molecule has 2 aromatic rings. The Balaban J connectivity index is 2.16. The van der Waals surface area contributed by atoms with Crippen LogP contribution in [-0.2, 0) is 14.4 Å². The van der Waals surface area contributed by atoms with Gasteiger partial charge in [-0.1, -0.05) is 24.3 Å². The predicted octanol–water partition coefficient (Wildman–Crippen LogP) is 2.39. The molecule has 0 aromatic heterocycles. The van der Waals surface area contributed by atoms with Crippen molar-refractivity contribution in [1.82, 2.24) is 0 Å². The maximum absolute atomic E-state index is 12.5. The Morgan fingerprint density at radius 1 is 0.913 bits per heavy atom. The van der Waals surface area contributed by atoms with Gasteiger partial charge in [0.2, 0.25) is 0 Å². The van der Waals surface area contributed by atoms with Crippen LogP contribution in [0.1, 0.15) is 31.8 Å². The Morgan fingerprint density at radius 3 is 2.09 bits per heavy atom. The first kappa shape index (κ1) is 14.8. The van der Waals surface area contributed by atoms with E-state index in [1.54, 1.807) is 12.1 Å². The van der Waals surface area contributed by atoms with Crippen LogP contribution in [0.4, 0.5) is 0 Å². The second kappa shape index (κ2) is 5.24. The lowest BCUT2D eigenvalue weighted by Gasteiger charge is -2.17. The molecule has 0 saturated carbocycles. The fraction of sp³-hybridized carbons (Fsp3) is 0. The lowest BCUT2D eigenvalue weighted by atomic mass is 9.84. The largest absolute Gasteiger partial charge is 0.345 e. The zero-order chi connectivity index (χ0) is 16.6. The molecule has 9 heteroatoms. The van der Waals surface area contributed by atoms with E-state index >= 15 is 0 Å². The SMILES string of the molecule is [N-]=[N+]=NOS(=O)(=O)c1ccc2c(c1)C(=O)c1ccccc1C2=O. The van der Waals surface area contributed by atoms with Crippen molar-refractivity contribution in [2.75, 3.05) is 0 Å². The highest BCUT2D eigenvalue weighted by Gasteiger charge is 2.31. The van der Waals surface area contributed by atoms with Crippen molar-refractivity contribution in [1.29, 1.82) is 0 Å². The van der Waals surface area contributed by atoms with E-state index in [1.807, 2.05) is 0 Å². The fourth-order valence-electron chi connectivity index (χ4n) is 2.34. The lowest BCUT2D eigenvalue weighted by Crippen LogP contribution is -2.21. The zero-order valence-corrected chi connectivity index (χ0v) is 12.1. The van der Waals surface area contributed by atoms with Gasteiger partial charge in [0, 0.05) is 27.2 Å². The van der Waals surface area contributed by atoms with E-state index in [2.05, 4.69) is 14.5 Å². The molecule has 0 radical (unpaired) electrons. The minimum atomic E-state index is -4.36. The summed E-state index contributed by atoms with van der Waals surface area (Å²) in [5.41, 5.74) is 8.66. The first-order valence-corrected chi connectivity index (χ1v) is 7.67. The molecular weight excluding hydrogens is 322 g/mol. The normalized spacial score (nSPS) is 12.9. The van der Waals surface area contributed by atoms with Crippen molar-refractivity contribution in [2.45, 2.75) is 4.90 Å². The Bertz CT molecular complexity index is 1010. The van der Waals surface area contributed by atoms with Crippen LogP contribution >= 0.6 is 0 Å². The number of hydrogen-bond donors (Lipinski definition) is 0. The third kappa shape index (κ3) is 2.33. The van der Waals surface area contributed by atoms with Gasteiger partial charge in [-0.3, -0.25) is 9.59 Å². The summed E-state index contributed by atoms with van der Waals surface area (Å²) in [6.45, 7) is 0. The number of benzene rings is 2. The molecule has 1 aliphatic carbocycles. The summed E-state index contributed by atoms with van der Waals surface area (Å²) in [5.74, 6) is -0.828. The monoisotopic (exact) mass is 329 g/mol. The van der Waals surface area contributed by atoms with Crippen LogP contribution in [0, 0.1) is 0 Å². The first-order chi connectivity index (χ1) is 11.0. The number of hydrogen-bond acceptors (Lipinski definition) is 6. The summed E-state index contributed by atoms with van der Waals surface area (Å²) >= 11 is 0. The van der Waals surface area contributed by atoms with Gasteiger partial charge in [-0.2, -0.15) is 8.42 Å². The van der Waals surface area contributed by atoms with Crippen molar-refractivity contribution in [3.8, 4) is 0 Å². The van der Waals surface area contributed by atoms with Crippen LogP contribution < -0.4 is 0 Å². The molecule has 0 fully saturated rings. The summed E-state index contributed by atoms with van der Waals surface area (Å²) in [6, 6.07) is 9.66. The van der Waals surface area contributed by atoms with Crippen LogP contribution in [0.5, 0.6) is 0 Å². The van der Waals surface area contributed by atoms with Gasteiger partial charge in [0.1, 0.15) is 10.2 Å². The third-order valence-electron chi connectivity index (χ3n) is 3.35. The molecule has 2 aromatic carbocycles. The van der Waals surface area contributed by atoms with Crippen molar-refractivity contribution in [2.24, 2.45) is 5.28 Å². The standard InChI is InChI=1S/C14H7N3O5S/c15-16-17-22-23(20,21)8-5-6-11-12(7-8)14(19)10-4-2-1-3-9(10)13(11)18/h1-7H. The lowest BCUT2D eigenvalue weighted by molar-refractivity contribution is 0.0979. The van der Waals surface area contributed by atoms with E-state index < -0.39 is 15.9 Å². The van der Waals surface area contributed by atoms with Crippen molar-refractivity contribution >= 4 is 21.7 Å². The second-order valence-corrected chi connectivity index (χ2v) is 6.14. The van der Waals surface area contributed by atoms with Crippen LogP contribution in [0.2, 0.25) is 0 Å². The van der Waals surface area contributed by atoms with Gasteiger partial charge < -0.3 is 4.28 Å². The number of nitrogens with zero attached hydrogens (tertiary/aromatic N) is 3. The Kier molecular flexibility index (Phi) is 3.36. The van der Waals surface area contributed by atoms with Gasteiger partial charge in [0.05, 0.1) is 0 Å². The number of rotatable bonds is 3. The molecule has 0 amide bonds. The molecule has 0 atom stereocenters. The summed E-state index contributed by atoms with van der Waals surface area (Å²) in [6.07, 6.45) is 0. The second-order valence-electron chi connectivity index (χ2n) is 4.61. The molecule has 0 unspecified atom stereocenters. The van der Waals surface area contributed by atoms with Gasteiger partial charge in [-0.25, -0.2) is 0 Å². The third-order valence-corrected chi connectivity index (χ3v) is 4.45. The van der Waals surface area contributed by atoms with Gasteiger partial charge in [-0.15, -0.1) is 0 Å². The Morgan fingerprint density at radius 2 is 1.48 bits per heavy atom. The molecule has 0 N–H and O–H groups in total. The minimum Gasteiger partial charge on any atom is -0.307 e. The van der Waals surface area contributed by atoms with Crippen LogP contribution in [0.3, 0.4) is 0 Å². The maximum atomic E-state index is 12.5. The van der Waals surface area contributed by atoms with E-state index in [4.69, 9.17) is 5.53 Å². The minimum absolute atomic E-state index is 0.0423. The average Bonchev–Trinajstić information content (AvgIpc) is 2.57. The van der Waals surface area contributed by atoms with Gasteiger partial charge in [0.25, 0.3) is 0 Å². The molecule has 23 heavy (non-hydrogen) atoms. The van der Waals surface area contributed by atoms with Crippen LogP contribution in [-0.4, -0.2) is 20.0 Å². The first-order valence-electron chi connectivity index (χ1n) is 6.26. The van der Waals surface area contributed by atoms with Crippen LogP contribution in [0.15, 0.2) is 52.6 Å². The van der Waals surface area contributed by atoms with E-state index in [0.717, 1.165) is 12.1 Å². The molecule has 1 aliphatic rings. The summed E-state index contributed by atoms with van der Waals surface area (Å²) in [7, 11) is -4.36. The topological polar surface area (TPSA) is 126 Å². The Labute approximate surface area is 130 Å². The quantitative estimate of drug-likeness (QED) is 0.315. The van der Waals surface area contributed by atoms with E-state index in [0.29, 0.717) is 0 Å². The number of fused-ring (bicyclic) bond motifs is 2. The predicted molar refractivity (Wildman–Crippen MR) is 77.2 cm³/mol. The highest BCUT2D eigenvalue weighted by Crippen LogP contribution is 2.29. The van der Waals surface area contributed by atoms with Gasteiger partial charge in [0.15, 0.2) is 11.6 Å². The summed E-state index contributed by atoms with van der Waals surface area (Å²) in [4.78, 5) is 26.7. The fourth-order valence-corrected chi connectivity index (χ4v) is 3.04. The molecular formula is C14H7N3O5S. The van der Waals surface area contributed by atoms with Crippen molar-refractivity contribution in [3.63, 3.8) is 0 Å². The highest BCUT2D eigenvalue weighted by molar-refractivity contribution is 7.86. The van der Waals surface area contributed by atoms with Crippen molar-refractivity contribution in [3.05, 3.63) is 75.2 Å². The van der Waals surface area contributed by atoms with Gasteiger partial charge >= 0.3 is 10.1 Å². The molecule has 0 heterocycles. The Hall–Kier alpha value is -3.16. The number of carbonyl (C=O) groups is 2. The number of azide groups is 1. The highest BCUT2D eigenvalue weighted by atomic mass is 32.2. The molecule has 8 nitrogen and oxygen atoms in total.